The van der Waals surface area contributed by atoms with Crippen LogP contribution in [0, 0.1) is 6.92 Å². The number of hydrogen-bond acceptors (Lipinski definition) is 0. The molecular formula is C11H14Si2. The van der Waals surface area contributed by atoms with Gasteiger partial charge in [0.15, 0.2) is 0 Å². The highest BCUT2D eigenvalue weighted by Crippen LogP contribution is 2.21. The zero-order valence-corrected chi connectivity index (χ0v) is 10.0. The van der Waals surface area contributed by atoms with Crippen LogP contribution < -0.4 is 0 Å². The van der Waals surface area contributed by atoms with E-state index in [0.29, 0.717) is 0 Å². The summed E-state index contributed by atoms with van der Waals surface area (Å²) in [4.78, 5) is 0. The molecule has 13 heavy (non-hydrogen) atoms. The Morgan fingerprint density at radius 2 is 1.69 bits per heavy atom. The van der Waals surface area contributed by atoms with Crippen molar-refractivity contribution >= 4 is 19.0 Å². The van der Waals surface area contributed by atoms with Crippen molar-refractivity contribution < 1.29 is 0 Å². The van der Waals surface area contributed by atoms with Gasteiger partial charge in [0.2, 0.25) is 0 Å². The first-order chi connectivity index (χ1) is 6.36. The molecule has 2 rings (SSSR count). The van der Waals surface area contributed by atoms with Gasteiger partial charge in [0.1, 0.15) is 0 Å². The second-order valence-electron chi connectivity index (χ2n) is 3.61. The van der Waals surface area contributed by atoms with Gasteiger partial charge in [-0.15, -0.1) is 0 Å². The summed E-state index contributed by atoms with van der Waals surface area (Å²) in [7, 11) is 2.36. The van der Waals surface area contributed by atoms with Crippen molar-refractivity contribution in [3.63, 3.8) is 0 Å². The summed E-state index contributed by atoms with van der Waals surface area (Å²) in [6, 6.07) is 12.1. The standard InChI is InChI=1S/C11H14Si2/c1-9-3-5-10(6-4-9)11-12-7-2-8-13-11/h3-6,11H,2,7-8H2,1H3. The molecule has 1 heterocycles. The third kappa shape index (κ3) is 2.32. The van der Waals surface area contributed by atoms with Crippen molar-refractivity contribution in [3.05, 3.63) is 35.4 Å². The van der Waals surface area contributed by atoms with Gasteiger partial charge in [0, 0.05) is 19.0 Å². The van der Waals surface area contributed by atoms with Crippen LogP contribution in [0.5, 0.6) is 0 Å². The Labute approximate surface area is 85.4 Å². The Morgan fingerprint density at radius 3 is 2.31 bits per heavy atom. The third-order valence-electron chi connectivity index (χ3n) is 2.46. The van der Waals surface area contributed by atoms with Gasteiger partial charge in [0.05, 0.1) is 0 Å². The van der Waals surface area contributed by atoms with Crippen LogP contribution in [0.4, 0.5) is 0 Å². The average Bonchev–Trinajstić information content (AvgIpc) is 2.20. The van der Waals surface area contributed by atoms with Crippen LogP contribution in [-0.2, 0) is 0 Å². The molecule has 0 bridgehead atoms. The van der Waals surface area contributed by atoms with Crippen LogP contribution in [0.2, 0.25) is 12.1 Å². The molecule has 0 N–H and O–H groups in total. The van der Waals surface area contributed by atoms with Crippen LogP contribution in [-0.4, -0.2) is 19.0 Å². The maximum atomic E-state index is 2.32. The lowest BCUT2D eigenvalue weighted by Crippen LogP contribution is -2.19. The molecule has 4 radical (unpaired) electrons. The molecule has 1 aliphatic rings. The smallest absolute Gasteiger partial charge is 0.0429 e. The molecule has 0 amide bonds. The zero-order valence-electron chi connectivity index (χ0n) is 8.01. The summed E-state index contributed by atoms with van der Waals surface area (Å²) < 4.78 is 0. The van der Waals surface area contributed by atoms with E-state index in [1.165, 1.54) is 43.1 Å². The van der Waals surface area contributed by atoms with Crippen LogP contribution in [0.1, 0.15) is 22.7 Å². The lowest BCUT2D eigenvalue weighted by atomic mass is 10.2. The minimum atomic E-state index is 0.911. The van der Waals surface area contributed by atoms with E-state index in [1.807, 2.05) is 0 Å². The largest absolute Gasteiger partial charge is 0.0613 e. The first-order valence-electron chi connectivity index (χ1n) is 4.89. The minimum absolute atomic E-state index is 0.911. The molecular weight excluding hydrogens is 188 g/mol. The van der Waals surface area contributed by atoms with Crippen molar-refractivity contribution in [1.29, 1.82) is 0 Å². The summed E-state index contributed by atoms with van der Waals surface area (Å²) in [6.45, 7) is 2.16. The summed E-state index contributed by atoms with van der Waals surface area (Å²) in [5.74, 6) is 0. The minimum Gasteiger partial charge on any atom is -0.0613 e. The monoisotopic (exact) mass is 202 g/mol. The zero-order chi connectivity index (χ0) is 9.10. The van der Waals surface area contributed by atoms with Crippen molar-refractivity contribution in [3.8, 4) is 0 Å². The Kier molecular flexibility index (Phi) is 3.01. The maximum absolute atomic E-state index is 2.32. The summed E-state index contributed by atoms with van der Waals surface area (Å²) >= 11 is 0. The molecule has 0 saturated carbocycles. The molecule has 0 aliphatic carbocycles. The van der Waals surface area contributed by atoms with Gasteiger partial charge >= 0.3 is 0 Å². The van der Waals surface area contributed by atoms with E-state index in [4.69, 9.17) is 0 Å². The van der Waals surface area contributed by atoms with Crippen LogP contribution in [0.3, 0.4) is 0 Å². The van der Waals surface area contributed by atoms with Crippen molar-refractivity contribution in [2.45, 2.75) is 30.6 Å². The average molecular weight is 202 g/mol. The van der Waals surface area contributed by atoms with Gasteiger partial charge in [-0.1, -0.05) is 53.9 Å². The molecule has 1 saturated heterocycles. The summed E-state index contributed by atoms with van der Waals surface area (Å²) in [6.07, 6.45) is 1.47. The fourth-order valence-corrected chi connectivity index (χ4v) is 5.64. The van der Waals surface area contributed by atoms with Gasteiger partial charge in [-0.2, -0.15) is 0 Å². The maximum Gasteiger partial charge on any atom is 0.0429 e. The van der Waals surface area contributed by atoms with Gasteiger partial charge in [0.25, 0.3) is 0 Å². The van der Waals surface area contributed by atoms with E-state index in [2.05, 4.69) is 31.2 Å². The molecule has 0 unspecified atom stereocenters. The number of benzene rings is 1. The van der Waals surface area contributed by atoms with E-state index >= 15 is 0 Å². The van der Waals surface area contributed by atoms with E-state index in [0.717, 1.165) is 5.16 Å². The Bertz CT molecular complexity index is 260. The van der Waals surface area contributed by atoms with Gasteiger partial charge in [-0.3, -0.25) is 0 Å². The molecule has 1 aromatic rings. The Balaban J connectivity index is 2.10. The van der Waals surface area contributed by atoms with Crippen LogP contribution in [0.25, 0.3) is 0 Å². The SMILES string of the molecule is Cc1ccc(C2[Si]CCC[Si]2)cc1. The summed E-state index contributed by atoms with van der Waals surface area (Å²) in [5, 5.41) is 0.911. The van der Waals surface area contributed by atoms with Crippen molar-refractivity contribution in [2.75, 3.05) is 0 Å². The highest BCUT2D eigenvalue weighted by molar-refractivity contribution is 6.60. The molecule has 0 aromatic heterocycles. The first-order valence-corrected chi connectivity index (χ1v) is 7.46. The fourth-order valence-electron chi connectivity index (χ4n) is 1.65. The van der Waals surface area contributed by atoms with Crippen molar-refractivity contribution in [2.24, 2.45) is 0 Å². The second-order valence-corrected chi connectivity index (χ2v) is 7.15. The molecule has 0 spiro atoms. The van der Waals surface area contributed by atoms with E-state index in [1.54, 1.807) is 5.56 Å². The van der Waals surface area contributed by atoms with Crippen LogP contribution >= 0.6 is 0 Å². The predicted octanol–water partition coefficient (Wildman–Crippen LogP) is 2.64. The quantitative estimate of drug-likeness (QED) is 0.614. The fraction of sp³-hybridized carbons (Fsp3) is 0.455. The predicted molar refractivity (Wildman–Crippen MR) is 59.7 cm³/mol. The summed E-state index contributed by atoms with van der Waals surface area (Å²) in [5.41, 5.74) is 2.97. The molecule has 2 heteroatoms. The van der Waals surface area contributed by atoms with Gasteiger partial charge in [-0.05, 0) is 12.1 Å². The highest BCUT2D eigenvalue weighted by Gasteiger charge is 2.16. The lowest BCUT2D eigenvalue weighted by molar-refractivity contribution is 1.00. The van der Waals surface area contributed by atoms with Crippen LogP contribution in [0.15, 0.2) is 24.3 Å². The topological polar surface area (TPSA) is 0 Å². The molecule has 0 atom stereocenters. The first kappa shape index (κ1) is 9.22. The van der Waals surface area contributed by atoms with E-state index < -0.39 is 0 Å². The van der Waals surface area contributed by atoms with Crippen molar-refractivity contribution in [1.82, 2.24) is 0 Å². The second kappa shape index (κ2) is 4.24. The Hall–Kier alpha value is -0.346. The molecule has 66 valence electrons. The molecule has 1 fully saturated rings. The van der Waals surface area contributed by atoms with Gasteiger partial charge in [-0.25, -0.2) is 0 Å². The molecule has 1 aliphatic heterocycles. The number of hydrogen-bond donors (Lipinski definition) is 0. The molecule has 1 aromatic carbocycles. The normalized spacial score (nSPS) is 18.8. The highest BCUT2D eigenvalue weighted by atomic mass is 28.3. The third-order valence-corrected chi connectivity index (χ3v) is 6.45. The Morgan fingerprint density at radius 1 is 1.08 bits per heavy atom. The van der Waals surface area contributed by atoms with E-state index in [9.17, 15) is 0 Å². The van der Waals surface area contributed by atoms with E-state index in [-0.39, 0.29) is 0 Å². The van der Waals surface area contributed by atoms with Gasteiger partial charge < -0.3 is 0 Å². The number of rotatable bonds is 1. The number of aryl methyl sites for hydroxylation is 1. The lowest BCUT2D eigenvalue weighted by Gasteiger charge is -2.20. The molecule has 0 nitrogen and oxygen atoms in total.